The topological polar surface area (TPSA) is 88.8 Å². The third kappa shape index (κ3) is 1.64. The predicted octanol–water partition coefficient (Wildman–Crippen LogP) is -0.445. The fourth-order valence-electron chi connectivity index (χ4n) is 0.657. The summed E-state index contributed by atoms with van der Waals surface area (Å²) in [4.78, 5) is 27.2. The zero-order chi connectivity index (χ0) is 8.43. The standard InChI is InChI=1S/C6H7N3O2/c1-3(10)4-2-5(11)9-6(7)8-4/h2H,1H3,(H3,7,8,9,11). The highest BCUT2D eigenvalue weighted by Crippen LogP contribution is 1.92. The lowest BCUT2D eigenvalue weighted by Gasteiger charge is -1.94. The molecule has 1 aromatic rings. The summed E-state index contributed by atoms with van der Waals surface area (Å²) >= 11 is 0. The van der Waals surface area contributed by atoms with Crippen LogP contribution in [0.4, 0.5) is 5.95 Å². The number of H-pyrrole nitrogens is 1. The van der Waals surface area contributed by atoms with Gasteiger partial charge in [0.1, 0.15) is 5.69 Å². The van der Waals surface area contributed by atoms with Crippen molar-refractivity contribution >= 4 is 11.7 Å². The molecule has 0 aliphatic carbocycles. The summed E-state index contributed by atoms with van der Waals surface area (Å²) in [6, 6.07) is 1.11. The second kappa shape index (κ2) is 2.53. The lowest BCUT2D eigenvalue weighted by atomic mass is 10.3. The van der Waals surface area contributed by atoms with Crippen LogP contribution in [0.25, 0.3) is 0 Å². The number of hydrogen-bond donors (Lipinski definition) is 2. The first kappa shape index (κ1) is 7.46. The van der Waals surface area contributed by atoms with E-state index in [9.17, 15) is 9.59 Å². The van der Waals surface area contributed by atoms with Crippen LogP contribution in [0.2, 0.25) is 0 Å². The van der Waals surface area contributed by atoms with Crippen LogP contribution in [0, 0.1) is 0 Å². The Labute approximate surface area is 62.3 Å². The second-order valence-corrected chi connectivity index (χ2v) is 2.07. The van der Waals surface area contributed by atoms with E-state index in [0.717, 1.165) is 6.07 Å². The summed E-state index contributed by atoms with van der Waals surface area (Å²) in [6.07, 6.45) is 0. The molecular weight excluding hydrogens is 146 g/mol. The maximum atomic E-state index is 10.7. The van der Waals surface area contributed by atoms with E-state index in [4.69, 9.17) is 5.73 Å². The van der Waals surface area contributed by atoms with Crippen molar-refractivity contribution in [3.63, 3.8) is 0 Å². The fraction of sp³-hybridized carbons (Fsp3) is 0.167. The lowest BCUT2D eigenvalue weighted by molar-refractivity contribution is 0.101. The molecule has 3 N–H and O–H groups in total. The van der Waals surface area contributed by atoms with E-state index in [1.165, 1.54) is 6.92 Å². The maximum absolute atomic E-state index is 10.7. The molecule has 0 spiro atoms. The number of hydrogen-bond acceptors (Lipinski definition) is 4. The zero-order valence-corrected chi connectivity index (χ0v) is 5.92. The molecule has 5 nitrogen and oxygen atoms in total. The van der Waals surface area contributed by atoms with Gasteiger partial charge in [0.05, 0.1) is 0 Å². The number of aromatic nitrogens is 2. The van der Waals surface area contributed by atoms with Gasteiger partial charge >= 0.3 is 0 Å². The summed E-state index contributed by atoms with van der Waals surface area (Å²) < 4.78 is 0. The molecule has 1 heterocycles. The van der Waals surface area contributed by atoms with Gasteiger partial charge in [-0.15, -0.1) is 0 Å². The Hall–Kier alpha value is -1.65. The lowest BCUT2D eigenvalue weighted by Crippen LogP contribution is -2.13. The molecule has 1 aromatic heterocycles. The molecule has 0 saturated carbocycles. The van der Waals surface area contributed by atoms with Crippen molar-refractivity contribution in [2.45, 2.75) is 6.92 Å². The van der Waals surface area contributed by atoms with Crippen molar-refractivity contribution in [2.24, 2.45) is 0 Å². The average Bonchev–Trinajstić information content (AvgIpc) is 1.85. The molecule has 0 amide bonds. The zero-order valence-electron chi connectivity index (χ0n) is 5.92. The van der Waals surface area contributed by atoms with E-state index >= 15 is 0 Å². The van der Waals surface area contributed by atoms with Gasteiger partial charge in [-0.25, -0.2) is 4.98 Å². The maximum Gasteiger partial charge on any atom is 0.252 e. The molecule has 5 heteroatoms. The number of anilines is 1. The number of nitrogens with one attached hydrogen (secondary N) is 1. The minimum Gasteiger partial charge on any atom is -0.369 e. The highest BCUT2D eigenvalue weighted by molar-refractivity contribution is 5.92. The van der Waals surface area contributed by atoms with Gasteiger partial charge in [-0.05, 0) is 0 Å². The van der Waals surface area contributed by atoms with E-state index < -0.39 is 5.56 Å². The summed E-state index contributed by atoms with van der Waals surface area (Å²) in [5.41, 5.74) is 4.85. The second-order valence-electron chi connectivity index (χ2n) is 2.07. The van der Waals surface area contributed by atoms with Crippen LogP contribution in [0.3, 0.4) is 0 Å². The van der Waals surface area contributed by atoms with Crippen molar-refractivity contribution < 1.29 is 4.79 Å². The highest BCUT2D eigenvalue weighted by Gasteiger charge is 2.01. The molecule has 0 aliphatic rings. The van der Waals surface area contributed by atoms with E-state index in [2.05, 4.69) is 9.97 Å². The summed E-state index contributed by atoms with van der Waals surface area (Å²) in [7, 11) is 0. The largest absolute Gasteiger partial charge is 0.369 e. The molecule has 0 atom stereocenters. The molecule has 0 bridgehead atoms. The molecule has 0 radical (unpaired) electrons. The molecule has 0 saturated heterocycles. The van der Waals surface area contributed by atoms with Gasteiger partial charge in [-0.3, -0.25) is 14.6 Å². The van der Waals surface area contributed by atoms with Crippen LogP contribution < -0.4 is 11.3 Å². The molecule has 11 heavy (non-hydrogen) atoms. The van der Waals surface area contributed by atoms with Crippen molar-refractivity contribution in [3.8, 4) is 0 Å². The van der Waals surface area contributed by atoms with Gasteiger partial charge in [0.25, 0.3) is 5.56 Å². The van der Waals surface area contributed by atoms with Crippen LogP contribution in [-0.4, -0.2) is 15.8 Å². The third-order valence-corrected chi connectivity index (χ3v) is 1.12. The Balaban J connectivity index is 3.30. The van der Waals surface area contributed by atoms with Crippen molar-refractivity contribution in [1.82, 2.24) is 9.97 Å². The summed E-state index contributed by atoms with van der Waals surface area (Å²) in [5.74, 6) is -0.314. The Bertz CT molecular complexity index is 342. The van der Waals surface area contributed by atoms with E-state index in [-0.39, 0.29) is 17.4 Å². The number of nitrogen functional groups attached to an aromatic ring is 1. The fourth-order valence-corrected chi connectivity index (χ4v) is 0.657. The van der Waals surface area contributed by atoms with Crippen LogP contribution in [0.1, 0.15) is 17.4 Å². The number of nitrogens with two attached hydrogens (primary N) is 1. The first-order valence-corrected chi connectivity index (χ1v) is 2.97. The van der Waals surface area contributed by atoms with Gasteiger partial charge in [0.2, 0.25) is 5.95 Å². The number of rotatable bonds is 1. The molecule has 0 aromatic carbocycles. The Kier molecular flexibility index (Phi) is 1.72. The van der Waals surface area contributed by atoms with Crippen LogP contribution in [0.5, 0.6) is 0 Å². The third-order valence-electron chi connectivity index (χ3n) is 1.12. The Morgan fingerprint density at radius 3 is 2.82 bits per heavy atom. The number of aromatic amines is 1. The number of carbonyl (C=O) groups excluding carboxylic acids is 1. The van der Waals surface area contributed by atoms with Crippen LogP contribution >= 0.6 is 0 Å². The summed E-state index contributed by atoms with van der Waals surface area (Å²) in [5, 5.41) is 0. The Morgan fingerprint density at radius 2 is 2.36 bits per heavy atom. The summed E-state index contributed by atoms with van der Waals surface area (Å²) in [6.45, 7) is 1.32. The first-order valence-electron chi connectivity index (χ1n) is 2.97. The quantitative estimate of drug-likeness (QED) is 0.535. The van der Waals surface area contributed by atoms with Crippen molar-refractivity contribution in [2.75, 3.05) is 5.73 Å². The molecule has 58 valence electrons. The monoisotopic (exact) mass is 153 g/mol. The number of Topliss-reactive ketones (excluding diaryl/α,β-unsaturated/α-hetero) is 1. The number of nitrogens with zero attached hydrogens (tertiary/aromatic N) is 1. The minimum atomic E-state index is -0.414. The van der Waals surface area contributed by atoms with Gasteiger partial charge < -0.3 is 5.73 Å². The van der Waals surface area contributed by atoms with Crippen LogP contribution in [0.15, 0.2) is 10.9 Å². The van der Waals surface area contributed by atoms with Gasteiger partial charge in [-0.1, -0.05) is 0 Å². The molecule has 0 fully saturated rings. The minimum absolute atomic E-state index is 0.0392. The molecule has 0 aliphatic heterocycles. The van der Waals surface area contributed by atoms with E-state index in [0.29, 0.717) is 0 Å². The Morgan fingerprint density at radius 1 is 1.73 bits per heavy atom. The molecule has 1 rings (SSSR count). The molecular formula is C6H7N3O2. The van der Waals surface area contributed by atoms with Gasteiger partial charge in [0.15, 0.2) is 5.78 Å². The van der Waals surface area contributed by atoms with E-state index in [1.54, 1.807) is 0 Å². The molecule has 0 unspecified atom stereocenters. The first-order chi connectivity index (χ1) is 5.09. The number of carbonyl (C=O) groups is 1. The predicted molar refractivity (Wildman–Crippen MR) is 39.3 cm³/mol. The van der Waals surface area contributed by atoms with Crippen molar-refractivity contribution in [3.05, 3.63) is 22.1 Å². The van der Waals surface area contributed by atoms with E-state index in [1.807, 2.05) is 0 Å². The SMILES string of the molecule is CC(=O)c1cc(=O)[nH]c(N)n1. The number of ketones is 1. The van der Waals surface area contributed by atoms with Crippen LogP contribution in [-0.2, 0) is 0 Å². The smallest absolute Gasteiger partial charge is 0.252 e. The average molecular weight is 153 g/mol. The highest BCUT2D eigenvalue weighted by atomic mass is 16.1. The van der Waals surface area contributed by atoms with Crippen molar-refractivity contribution in [1.29, 1.82) is 0 Å². The van der Waals surface area contributed by atoms with Gasteiger partial charge in [0, 0.05) is 13.0 Å². The normalized spacial score (nSPS) is 9.55. The van der Waals surface area contributed by atoms with Gasteiger partial charge in [-0.2, -0.15) is 0 Å².